The third-order valence-electron chi connectivity index (χ3n) is 3.39. The molecule has 1 N–H and O–H groups in total. The van der Waals surface area contributed by atoms with Crippen molar-refractivity contribution in [1.29, 1.82) is 0 Å². The van der Waals surface area contributed by atoms with Gasteiger partial charge in [-0.15, -0.1) is 0 Å². The van der Waals surface area contributed by atoms with Crippen molar-refractivity contribution in [2.45, 2.75) is 0 Å². The van der Waals surface area contributed by atoms with E-state index < -0.39 is 0 Å². The van der Waals surface area contributed by atoms with Crippen molar-refractivity contribution in [3.8, 4) is 11.1 Å². The molecule has 3 heteroatoms. The summed E-state index contributed by atoms with van der Waals surface area (Å²) in [7, 11) is 0. The summed E-state index contributed by atoms with van der Waals surface area (Å²) in [6, 6.07) is 16.9. The second-order valence-corrected chi connectivity index (χ2v) is 4.52. The van der Waals surface area contributed by atoms with Crippen LogP contribution in [0.2, 0.25) is 0 Å². The van der Waals surface area contributed by atoms with Gasteiger partial charge in [-0.1, -0.05) is 36.4 Å². The fourth-order valence-corrected chi connectivity index (χ4v) is 2.45. The van der Waals surface area contributed by atoms with Crippen molar-refractivity contribution in [3.05, 3.63) is 61.1 Å². The minimum absolute atomic E-state index is 0.755. The quantitative estimate of drug-likeness (QED) is 0.554. The molecule has 0 atom stereocenters. The molecule has 4 aromatic rings. The molecule has 0 spiro atoms. The Morgan fingerprint density at radius 2 is 1.74 bits per heavy atom. The van der Waals surface area contributed by atoms with E-state index in [-0.39, 0.29) is 0 Å². The van der Waals surface area contributed by atoms with Gasteiger partial charge in [0.1, 0.15) is 0 Å². The standard InChI is InChI=1S/C16H11N3/c1-2-4-12-9-13(6-5-11(12)3-1)14-7-8-17-16-15(14)18-10-19-16/h1-10H,(H,17,18,19). The first-order valence-electron chi connectivity index (χ1n) is 6.19. The average molecular weight is 245 g/mol. The zero-order chi connectivity index (χ0) is 12.7. The topological polar surface area (TPSA) is 41.6 Å². The summed E-state index contributed by atoms with van der Waals surface area (Å²) in [5.41, 5.74) is 4.05. The van der Waals surface area contributed by atoms with Gasteiger partial charge in [0, 0.05) is 11.8 Å². The van der Waals surface area contributed by atoms with Crippen LogP contribution in [0.4, 0.5) is 0 Å². The molecule has 2 heterocycles. The summed E-state index contributed by atoms with van der Waals surface area (Å²) >= 11 is 0. The van der Waals surface area contributed by atoms with Crippen molar-refractivity contribution in [1.82, 2.24) is 15.0 Å². The average Bonchev–Trinajstić information content (AvgIpc) is 2.95. The van der Waals surface area contributed by atoms with Crippen LogP contribution in [0, 0.1) is 0 Å². The molecule has 0 aliphatic heterocycles. The van der Waals surface area contributed by atoms with E-state index in [1.165, 1.54) is 16.3 Å². The molecule has 0 saturated carbocycles. The zero-order valence-corrected chi connectivity index (χ0v) is 10.2. The number of hydrogen-bond donors (Lipinski definition) is 1. The Labute approximate surface area is 110 Å². The van der Waals surface area contributed by atoms with Crippen LogP contribution in [-0.4, -0.2) is 15.0 Å². The second-order valence-electron chi connectivity index (χ2n) is 4.52. The van der Waals surface area contributed by atoms with E-state index in [1.807, 2.05) is 6.07 Å². The highest BCUT2D eigenvalue weighted by atomic mass is 14.9. The largest absolute Gasteiger partial charge is 0.343 e. The second kappa shape index (κ2) is 3.92. The molecule has 2 aromatic carbocycles. The lowest BCUT2D eigenvalue weighted by molar-refractivity contribution is 1.30. The lowest BCUT2D eigenvalue weighted by atomic mass is 10.0. The Balaban J connectivity index is 2.01. The first-order chi connectivity index (χ1) is 9.42. The van der Waals surface area contributed by atoms with Crippen LogP contribution >= 0.6 is 0 Å². The van der Waals surface area contributed by atoms with Crippen molar-refractivity contribution < 1.29 is 0 Å². The number of nitrogens with zero attached hydrogens (tertiary/aromatic N) is 2. The maximum absolute atomic E-state index is 4.25. The first-order valence-corrected chi connectivity index (χ1v) is 6.19. The number of rotatable bonds is 1. The van der Waals surface area contributed by atoms with E-state index in [0.717, 1.165) is 16.7 Å². The van der Waals surface area contributed by atoms with Crippen molar-refractivity contribution in [2.75, 3.05) is 0 Å². The minimum atomic E-state index is 0.755. The van der Waals surface area contributed by atoms with Gasteiger partial charge < -0.3 is 4.98 Å². The van der Waals surface area contributed by atoms with Gasteiger partial charge in [-0.25, -0.2) is 9.97 Å². The van der Waals surface area contributed by atoms with Gasteiger partial charge in [-0.3, -0.25) is 0 Å². The van der Waals surface area contributed by atoms with Crippen LogP contribution in [0.25, 0.3) is 33.1 Å². The number of benzene rings is 2. The lowest BCUT2D eigenvalue weighted by Crippen LogP contribution is -1.83. The Kier molecular flexibility index (Phi) is 2.12. The van der Waals surface area contributed by atoms with E-state index in [1.54, 1.807) is 12.5 Å². The fourth-order valence-electron chi connectivity index (χ4n) is 2.45. The predicted molar refractivity (Wildman–Crippen MR) is 76.8 cm³/mol. The smallest absolute Gasteiger partial charge is 0.178 e. The molecule has 2 aromatic heterocycles. The molecule has 3 nitrogen and oxygen atoms in total. The van der Waals surface area contributed by atoms with E-state index >= 15 is 0 Å². The van der Waals surface area contributed by atoms with E-state index in [0.29, 0.717) is 0 Å². The van der Waals surface area contributed by atoms with Gasteiger partial charge in [0.2, 0.25) is 0 Å². The van der Waals surface area contributed by atoms with Gasteiger partial charge in [-0.05, 0) is 28.5 Å². The fraction of sp³-hybridized carbons (Fsp3) is 0. The number of pyridine rings is 1. The summed E-state index contributed by atoms with van der Waals surface area (Å²) in [4.78, 5) is 11.6. The monoisotopic (exact) mass is 245 g/mol. The van der Waals surface area contributed by atoms with E-state index in [2.05, 4.69) is 57.4 Å². The summed E-state index contributed by atoms with van der Waals surface area (Å²) < 4.78 is 0. The number of imidazole rings is 1. The Morgan fingerprint density at radius 3 is 2.68 bits per heavy atom. The molecule has 0 radical (unpaired) electrons. The number of H-pyrrole nitrogens is 1. The highest BCUT2D eigenvalue weighted by molar-refractivity contribution is 5.94. The third-order valence-corrected chi connectivity index (χ3v) is 3.39. The molecule has 19 heavy (non-hydrogen) atoms. The van der Waals surface area contributed by atoms with Crippen LogP contribution in [-0.2, 0) is 0 Å². The summed E-state index contributed by atoms with van der Waals surface area (Å²) in [5, 5.41) is 2.49. The van der Waals surface area contributed by atoms with Gasteiger partial charge in [0.05, 0.1) is 11.8 Å². The van der Waals surface area contributed by atoms with Crippen LogP contribution < -0.4 is 0 Å². The number of aromatic nitrogens is 3. The van der Waals surface area contributed by atoms with Crippen LogP contribution in [0.15, 0.2) is 61.1 Å². The van der Waals surface area contributed by atoms with Crippen molar-refractivity contribution >= 4 is 21.9 Å². The molecule has 0 aliphatic carbocycles. The molecule has 0 amide bonds. The molecule has 0 unspecified atom stereocenters. The Morgan fingerprint density at radius 1 is 0.842 bits per heavy atom. The number of fused-ring (bicyclic) bond motifs is 2. The Hall–Kier alpha value is -2.68. The highest BCUT2D eigenvalue weighted by Gasteiger charge is 2.06. The summed E-state index contributed by atoms with van der Waals surface area (Å²) in [6.45, 7) is 0. The number of nitrogens with one attached hydrogen (secondary N) is 1. The third kappa shape index (κ3) is 1.59. The van der Waals surface area contributed by atoms with Crippen LogP contribution in [0.5, 0.6) is 0 Å². The Bertz CT molecular complexity index is 877. The van der Waals surface area contributed by atoms with Crippen LogP contribution in [0.3, 0.4) is 0 Å². The van der Waals surface area contributed by atoms with Gasteiger partial charge in [0.25, 0.3) is 0 Å². The van der Waals surface area contributed by atoms with Crippen molar-refractivity contribution in [2.24, 2.45) is 0 Å². The number of hydrogen-bond acceptors (Lipinski definition) is 2. The van der Waals surface area contributed by atoms with Gasteiger partial charge >= 0.3 is 0 Å². The molecule has 0 fully saturated rings. The van der Waals surface area contributed by atoms with Crippen molar-refractivity contribution in [3.63, 3.8) is 0 Å². The van der Waals surface area contributed by atoms with Crippen LogP contribution in [0.1, 0.15) is 0 Å². The zero-order valence-electron chi connectivity index (χ0n) is 10.2. The predicted octanol–water partition coefficient (Wildman–Crippen LogP) is 3.78. The molecule has 0 bridgehead atoms. The summed E-state index contributed by atoms with van der Waals surface area (Å²) in [6.07, 6.45) is 3.48. The van der Waals surface area contributed by atoms with Gasteiger partial charge in [-0.2, -0.15) is 0 Å². The van der Waals surface area contributed by atoms with E-state index in [9.17, 15) is 0 Å². The molecule has 0 aliphatic rings. The number of aromatic amines is 1. The SMILES string of the molecule is c1ccc2cc(-c3ccnc4nc[nH]c34)ccc2c1. The molecule has 4 rings (SSSR count). The minimum Gasteiger partial charge on any atom is -0.343 e. The molecule has 90 valence electrons. The normalized spacial score (nSPS) is 11.2. The van der Waals surface area contributed by atoms with Gasteiger partial charge in [0.15, 0.2) is 5.65 Å². The maximum atomic E-state index is 4.25. The highest BCUT2D eigenvalue weighted by Crippen LogP contribution is 2.28. The van der Waals surface area contributed by atoms with E-state index in [4.69, 9.17) is 0 Å². The summed E-state index contributed by atoms with van der Waals surface area (Å²) in [5.74, 6) is 0. The molecular formula is C16H11N3. The lowest BCUT2D eigenvalue weighted by Gasteiger charge is -2.05. The molecular weight excluding hydrogens is 234 g/mol. The first kappa shape index (κ1) is 10.3. The molecule has 0 saturated heterocycles. The maximum Gasteiger partial charge on any atom is 0.178 e.